The molecule has 0 saturated carbocycles. The van der Waals surface area contributed by atoms with Crippen molar-refractivity contribution in [2.24, 2.45) is 10.8 Å². The van der Waals surface area contributed by atoms with E-state index in [1.807, 2.05) is 123 Å². The summed E-state index contributed by atoms with van der Waals surface area (Å²) in [6.45, 7) is 57.4. The van der Waals surface area contributed by atoms with Gasteiger partial charge >= 0.3 is 223 Å². The summed E-state index contributed by atoms with van der Waals surface area (Å²) in [5.74, 6) is 1.80. The van der Waals surface area contributed by atoms with Crippen LogP contribution in [0.1, 0.15) is 170 Å². The predicted octanol–water partition coefficient (Wildman–Crippen LogP) is 24.7. The van der Waals surface area contributed by atoms with Crippen molar-refractivity contribution in [3.63, 3.8) is 0 Å². The van der Waals surface area contributed by atoms with Gasteiger partial charge in [-0.1, -0.05) is 259 Å². The van der Waals surface area contributed by atoms with Gasteiger partial charge in [-0.25, -0.2) is 6.54 Å². The fourth-order valence-corrected chi connectivity index (χ4v) is 31.5. The van der Waals surface area contributed by atoms with Crippen LogP contribution >= 0.6 is 64.7 Å². The van der Waals surface area contributed by atoms with Crippen molar-refractivity contribution in [1.29, 1.82) is 0 Å². The molecule has 1 unspecified atom stereocenters. The van der Waals surface area contributed by atoms with E-state index >= 15 is 0 Å². The first-order valence-electron chi connectivity index (χ1n) is 43.5. The van der Waals surface area contributed by atoms with E-state index in [4.69, 9.17) is 52.9 Å². The van der Waals surface area contributed by atoms with Crippen molar-refractivity contribution < 1.29 is 92.7 Å². The minimum absolute atomic E-state index is 0. The monoisotopic (exact) mass is 2170 g/mol. The number of benzene rings is 11. The fraction of sp³-hybridized carbons (Fsp3) is 0.315. The summed E-state index contributed by atoms with van der Waals surface area (Å²) in [4.78, 5) is 2.55. The summed E-state index contributed by atoms with van der Waals surface area (Å²) < 4.78 is 51.3. The van der Waals surface area contributed by atoms with Crippen LogP contribution in [0.5, 0.6) is 11.5 Å². The predicted molar refractivity (Wildman–Crippen MR) is 571 cm³/mol. The van der Waals surface area contributed by atoms with E-state index in [1.54, 1.807) is 0 Å². The molecular weight excluding hydrogens is 2030 g/mol. The maximum absolute atomic E-state index is 9.67. The Balaban J connectivity index is 0.000000748. The van der Waals surface area contributed by atoms with Crippen LogP contribution in [0.2, 0.25) is 32.7 Å². The molecule has 2 aliphatic heterocycles. The molecule has 1 atom stereocenters. The molecule has 1 saturated heterocycles. The molecule has 1 fully saturated rings. The average molecular weight is 2170 g/mol. The number of ether oxygens (including phenoxy) is 2. The van der Waals surface area contributed by atoms with Gasteiger partial charge in [0.2, 0.25) is 5.69 Å². The summed E-state index contributed by atoms with van der Waals surface area (Å²) >= 11 is 0.275. The number of nitrogens with zero attached hydrogens (tertiary/aromatic N) is 3. The molecule has 709 valence electrons. The Morgan fingerprint density at radius 3 is 1.05 bits per heavy atom. The number of aryl methyl sites for hydroxylation is 4. The molecule has 13 rings (SSSR count). The molecule has 5 nitrogen and oxygen atoms in total. The average Bonchev–Trinajstić information content (AvgIpc) is 1.62. The Bertz CT molecular complexity index is 4730. The van der Waals surface area contributed by atoms with Crippen LogP contribution in [0.15, 0.2) is 303 Å². The first kappa shape index (κ1) is 124. The number of halogens is 9. The van der Waals surface area contributed by atoms with Crippen LogP contribution in [0.3, 0.4) is 0 Å². The summed E-state index contributed by atoms with van der Waals surface area (Å²) in [5, 5.41) is 8.61. The standard InChI is InChI=1S/C18H28N.C18H27N.2C18H15P.C12H16O.C10H12O.C7H6.C6H17NSi2.CH4.BF3.5ClH.Cu.FH.Li.2Ru/c2*1-7-14-10-9-11-15(8-2)16(14)19-13-17(3,4)12-18(19,5)6;2*1-4-10-16(11-5-1)19(17-12-6-2-7-13-17)18-14-8-3-9-15-18;1-4-7-11-8-5-6-9-12(11)13-10(2)3;1-8(2)11-10-7-5-4-6-9(10)3;1-7-5-3-2-4-6-7;1-8(2,3)7-9(4,5)6;;2-1(3)4;;;;;;;;;;/h9-11,13H,7-8,12H2,1-6H3;9-11,13H,3,7-8,12H2,1-2,4-6H3;2*1-15H;4-10H,1-3H3;3-8H,1-2H3;1-6H;1H2,2-6H3;1H4;;5*1H;;1H;;;/q-1;+2;;;;;;;;;;;;;;+2;;+1;2*+2/p-4/b;;;;7-4+;;;;;;;;;;;;;;;. The van der Waals surface area contributed by atoms with E-state index in [-0.39, 0.29) is 65.1 Å². The van der Waals surface area contributed by atoms with Gasteiger partial charge in [0.05, 0.1) is 35.3 Å². The first-order valence-corrected chi connectivity index (χ1v) is 65.4. The van der Waals surface area contributed by atoms with Gasteiger partial charge in [0.25, 0.3) is 0 Å². The SMILES string of the molecule is C.C/C=C/c1ccccc1OC(C)C.CC(C)Oc1ccccc1[CH]=[Ru]([Cl])[Cl].CCc1cccc(CC)c1N1[CH-]C(C)(C)CC1(C)C.FB(F)F.[CH2+]C1(C)C=[N+](c2c(CC)cccc2CC)C(C)(C)C1.[CH2+][Si](C)(C)[N-][Si](C)(C)C.[Cl][Cu+].[Cl][Ru]([Cl])=[CH]c1ccccc1.[F-].[Li+].c1ccc([PH+](c2ccccc2)c2ccccc2)cc1.c1ccc([PH+](c2ccccc2)c2ccccc2)cc1. The van der Waals surface area contributed by atoms with Crippen molar-refractivity contribution >= 4 is 153 Å². The van der Waals surface area contributed by atoms with Crippen LogP contribution in [0.25, 0.3) is 10.7 Å². The van der Waals surface area contributed by atoms with Gasteiger partial charge in [-0.05, 0) is 177 Å². The van der Waals surface area contributed by atoms with Crippen LogP contribution < -0.4 is 69.8 Å². The molecule has 2 heterocycles. The van der Waals surface area contributed by atoms with Gasteiger partial charge in [-0.3, -0.25) is 12.9 Å². The largest absolute Gasteiger partial charge is 1.00 e. The Kier molecular flexibility index (Phi) is 60.2. The maximum atomic E-state index is 9.67. The maximum Gasteiger partial charge on any atom is 1.00 e. The normalized spacial score (nSPS) is 14.1. The molecular formula is C108H142BCl5CuF4LiN3O2P2Ru2Si2+4. The Morgan fingerprint density at radius 2 is 0.786 bits per heavy atom. The summed E-state index contributed by atoms with van der Waals surface area (Å²) in [6, 6.07) is 104. The number of para-hydroxylation sites is 4. The first-order chi connectivity index (χ1) is 60.6. The zero-order valence-electron chi connectivity index (χ0n) is 80.2. The second kappa shape index (κ2) is 63.9. The van der Waals surface area contributed by atoms with Crippen LogP contribution in [-0.2, 0) is 67.8 Å². The second-order valence-electron chi connectivity index (χ2n) is 35.1. The quantitative estimate of drug-likeness (QED) is 0.0237. The van der Waals surface area contributed by atoms with E-state index in [9.17, 15) is 12.9 Å². The van der Waals surface area contributed by atoms with Gasteiger partial charge in [-0.2, -0.15) is 4.58 Å². The zero-order chi connectivity index (χ0) is 95.3. The second-order valence-corrected chi connectivity index (χ2v) is 60.4. The molecule has 0 spiro atoms. The van der Waals surface area contributed by atoms with Crippen molar-refractivity contribution in [3.05, 3.63) is 367 Å². The third kappa shape index (κ3) is 47.0. The number of rotatable bonds is 21. The van der Waals surface area contributed by atoms with E-state index < -0.39 is 66.9 Å². The molecule has 11 aromatic carbocycles. The molecule has 0 N–H and O–H groups in total. The van der Waals surface area contributed by atoms with E-state index in [1.165, 1.54) is 71.9 Å². The molecule has 0 aliphatic carbocycles. The number of anilines is 1. The Hall–Kier alpha value is -5.44. The van der Waals surface area contributed by atoms with Crippen molar-refractivity contribution in [2.75, 3.05) is 4.90 Å². The van der Waals surface area contributed by atoms with Crippen LogP contribution in [-0.4, -0.2) is 67.3 Å². The number of hydrogen-bond donors (Lipinski definition) is 0. The van der Waals surface area contributed by atoms with Gasteiger partial charge in [0.1, 0.15) is 37.6 Å². The molecule has 2 aliphatic rings. The van der Waals surface area contributed by atoms with Crippen molar-refractivity contribution in [2.45, 2.75) is 213 Å². The smallest absolute Gasteiger partial charge is 1.00 e. The van der Waals surface area contributed by atoms with Crippen LogP contribution in [0, 0.1) is 30.8 Å². The number of allylic oxidation sites excluding steroid dienone is 1. The molecule has 0 radical (unpaired) electrons. The van der Waals surface area contributed by atoms with Crippen LogP contribution in [0.4, 0.5) is 24.3 Å². The topological polar surface area (TPSA) is 38.8 Å². The molecule has 0 amide bonds. The van der Waals surface area contributed by atoms with E-state index in [0.717, 1.165) is 60.3 Å². The van der Waals surface area contributed by atoms with Gasteiger partial charge in [-0.15, -0.1) is 5.41 Å². The van der Waals surface area contributed by atoms with Crippen molar-refractivity contribution in [1.82, 2.24) is 0 Å². The molecule has 0 bridgehead atoms. The fourth-order valence-electron chi connectivity index (χ4n) is 15.5. The Morgan fingerprint density at radius 1 is 0.489 bits per heavy atom. The van der Waals surface area contributed by atoms with Gasteiger partial charge in [0, 0.05) is 41.8 Å². The minimum atomic E-state index is -3.67. The Labute approximate surface area is 844 Å². The summed E-state index contributed by atoms with van der Waals surface area (Å²) in [6.07, 6.45) is 13.5. The van der Waals surface area contributed by atoms with E-state index in [0.29, 0.717) is 0 Å². The summed E-state index contributed by atoms with van der Waals surface area (Å²) in [7, 11) is 19.2. The molecule has 0 aromatic heterocycles. The third-order valence-corrected chi connectivity index (χ3v) is 33.7. The van der Waals surface area contributed by atoms with E-state index in [2.05, 4.69) is 400 Å². The molecule has 23 heteroatoms. The van der Waals surface area contributed by atoms with Gasteiger partial charge in [0.15, 0.2) is 25.4 Å². The third-order valence-electron chi connectivity index (χ3n) is 19.5. The molecule has 131 heavy (non-hydrogen) atoms. The zero-order valence-corrected chi connectivity index (χ0v) is 92.4. The van der Waals surface area contributed by atoms with Gasteiger partial charge < -0.3 is 19.0 Å². The number of hydrogen-bond acceptors (Lipinski definition) is 3. The van der Waals surface area contributed by atoms with Crippen molar-refractivity contribution in [3.8, 4) is 11.5 Å². The minimum Gasteiger partial charge on any atom is -1.00 e. The molecule has 11 aromatic rings. The summed E-state index contributed by atoms with van der Waals surface area (Å²) in [5.41, 5.74) is 12.6.